The minimum absolute atomic E-state index is 0.473. The van der Waals surface area contributed by atoms with Gasteiger partial charge >= 0.3 is 0 Å². The van der Waals surface area contributed by atoms with E-state index in [1.165, 1.54) is 32.1 Å². The summed E-state index contributed by atoms with van der Waals surface area (Å²) in [5, 5.41) is 3.66. The molecule has 110 valence electrons. The minimum Gasteiger partial charge on any atom is -0.389 e. The van der Waals surface area contributed by atoms with Crippen LogP contribution in [-0.2, 0) is 0 Å². The van der Waals surface area contributed by atoms with E-state index in [2.05, 4.69) is 36.7 Å². The summed E-state index contributed by atoms with van der Waals surface area (Å²) in [4.78, 5) is 1.63. The topological polar surface area (TPSA) is 38.0 Å². The van der Waals surface area contributed by atoms with E-state index >= 15 is 0 Å². The highest BCUT2D eigenvalue weighted by atomic mass is 32.2. The van der Waals surface area contributed by atoms with Crippen LogP contribution < -0.4 is 11.1 Å². The SMILES string of the molecule is CSc1cccc(NC(C)C2CCCCC2)c1C(N)=S. The number of thioether (sulfide) groups is 1. The van der Waals surface area contributed by atoms with Gasteiger partial charge in [0, 0.05) is 22.2 Å². The summed E-state index contributed by atoms with van der Waals surface area (Å²) in [5.74, 6) is 0.765. The van der Waals surface area contributed by atoms with E-state index < -0.39 is 0 Å². The standard InChI is InChI=1S/C16H24N2S2/c1-11(12-7-4-3-5-8-12)18-13-9-6-10-14(20-2)15(13)16(17)19/h6,9-12,18H,3-5,7-8H2,1-2H3,(H2,17,19). The van der Waals surface area contributed by atoms with Crippen LogP contribution in [0.2, 0.25) is 0 Å². The van der Waals surface area contributed by atoms with Gasteiger partial charge in [0.2, 0.25) is 0 Å². The first-order valence-corrected chi connectivity index (χ1v) is 9.00. The van der Waals surface area contributed by atoms with Crippen LogP contribution in [0.25, 0.3) is 0 Å². The van der Waals surface area contributed by atoms with Crippen LogP contribution in [-0.4, -0.2) is 17.3 Å². The van der Waals surface area contributed by atoms with E-state index in [-0.39, 0.29) is 0 Å². The first-order chi connectivity index (χ1) is 9.63. The molecular weight excluding hydrogens is 284 g/mol. The van der Waals surface area contributed by atoms with Crippen LogP contribution in [0.1, 0.15) is 44.6 Å². The van der Waals surface area contributed by atoms with Crippen LogP contribution in [0.3, 0.4) is 0 Å². The highest BCUT2D eigenvalue weighted by Gasteiger charge is 2.21. The molecule has 1 unspecified atom stereocenters. The molecule has 0 heterocycles. The molecule has 2 nitrogen and oxygen atoms in total. The molecule has 0 amide bonds. The van der Waals surface area contributed by atoms with Crippen molar-refractivity contribution in [2.75, 3.05) is 11.6 Å². The van der Waals surface area contributed by atoms with Gasteiger partial charge in [-0.1, -0.05) is 37.5 Å². The Balaban J connectivity index is 2.17. The third kappa shape index (κ3) is 3.67. The van der Waals surface area contributed by atoms with Crippen LogP contribution in [0, 0.1) is 5.92 Å². The van der Waals surface area contributed by atoms with Crippen molar-refractivity contribution in [3.63, 3.8) is 0 Å². The van der Waals surface area contributed by atoms with Crippen LogP contribution in [0.4, 0.5) is 5.69 Å². The Labute approximate surface area is 131 Å². The van der Waals surface area contributed by atoms with Crippen molar-refractivity contribution < 1.29 is 0 Å². The molecule has 1 aromatic rings. The smallest absolute Gasteiger partial charge is 0.107 e. The summed E-state index contributed by atoms with van der Waals surface area (Å²) >= 11 is 6.93. The second kappa shape index (κ2) is 7.32. The third-order valence-corrected chi connectivity index (χ3v) is 5.22. The Morgan fingerprint density at radius 3 is 2.65 bits per heavy atom. The first-order valence-electron chi connectivity index (χ1n) is 7.37. The van der Waals surface area contributed by atoms with Crippen molar-refractivity contribution in [1.29, 1.82) is 0 Å². The van der Waals surface area contributed by atoms with Crippen molar-refractivity contribution in [3.05, 3.63) is 23.8 Å². The third-order valence-electron chi connectivity index (χ3n) is 4.23. The van der Waals surface area contributed by atoms with Gasteiger partial charge in [-0.3, -0.25) is 0 Å². The normalized spacial score (nSPS) is 17.7. The summed E-state index contributed by atoms with van der Waals surface area (Å²) in [5.41, 5.74) is 8.01. The average molecular weight is 309 g/mol. The van der Waals surface area contributed by atoms with Crippen molar-refractivity contribution in [1.82, 2.24) is 0 Å². The highest BCUT2D eigenvalue weighted by Crippen LogP contribution is 2.31. The number of hydrogen-bond acceptors (Lipinski definition) is 3. The predicted molar refractivity (Wildman–Crippen MR) is 93.8 cm³/mol. The maximum atomic E-state index is 5.92. The molecule has 0 radical (unpaired) electrons. The van der Waals surface area contributed by atoms with Crippen LogP contribution in [0.15, 0.2) is 23.1 Å². The number of nitrogens with two attached hydrogens (primary N) is 1. The lowest BCUT2D eigenvalue weighted by atomic mass is 9.84. The zero-order chi connectivity index (χ0) is 14.5. The van der Waals surface area contributed by atoms with E-state index in [1.54, 1.807) is 11.8 Å². The lowest BCUT2D eigenvalue weighted by Gasteiger charge is -2.30. The van der Waals surface area contributed by atoms with Crippen molar-refractivity contribution in [2.24, 2.45) is 11.7 Å². The zero-order valence-corrected chi connectivity index (χ0v) is 13.9. The maximum absolute atomic E-state index is 5.92. The molecule has 0 aromatic heterocycles. The van der Waals surface area contributed by atoms with E-state index in [1.807, 2.05) is 0 Å². The Hall–Kier alpha value is -0.740. The first kappa shape index (κ1) is 15.6. The van der Waals surface area contributed by atoms with Gasteiger partial charge in [0.05, 0.1) is 0 Å². The fourth-order valence-corrected chi connectivity index (χ4v) is 4.00. The molecule has 1 aliphatic rings. The van der Waals surface area contributed by atoms with Gasteiger partial charge in [-0.05, 0) is 44.1 Å². The van der Waals surface area contributed by atoms with Crippen molar-refractivity contribution >= 4 is 34.7 Å². The number of anilines is 1. The van der Waals surface area contributed by atoms with Crippen LogP contribution >= 0.6 is 24.0 Å². The zero-order valence-electron chi connectivity index (χ0n) is 12.3. The molecule has 0 spiro atoms. The number of hydrogen-bond donors (Lipinski definition) is 2. The highest BCUT2D eigenvalue weighted by molar-refractivity contribution is 7.98. The van der Waals surface area contributed by atoms with E-state index in [0.29, 0.717) is 11.0 Å². The molecule has 0 saturated heterocycles. The van der Waals surface area contributed by atoms with E-state index in [4.69, 9.17) is 18.0 Å². The Kier molecular flexibility index (Phi) is 5.73. The van der Waals surface area contributed by atoms with E-state index in [9.17, 15) is 0 Å². The molecule has 20 heavy (non-hydrogen) atoms. The number of nitrogens with one attached hydrogen (secondary N) is 1. The quantitative estimate of drug-likeness (QED) is 0.623. The summed E-state index contributed by atoms with van der Waals surface area (Å²) in [6.45, 7) is 2.28. The molecular formula is C16H24N2S2. The minimum atomic E-state index is 0.473. The molecule has 0 aliphatic heterocycles. The van der Waals surface area contributed by atoms with Gasteiger partial charge in [-0.2, -0.15) is 0 Å². The van der Waals surface area contributed by atoms with E-state index in [0.717, 1.165) is 22.1 Å². The molecule has 0 bridgehead atoms. The molecule has 4 heteroatoms. The summed E-state index contributed by atoms with van der Waals surface area (Å²) in [6.07, 6.45) is 8.85. The van der Waals surface area contributed by atoms with Gasteiger partial charge in [0.1, 0.15) is 4.99 Å². The summed E-state index contributed by atoms with van der Waals surface area (Å²) in [7, 11) is 0. The fraction of sp³-hybridized carbons (Fsp3) is 0.562. The molecule has 1 atom stereocenters. The van der Waals surface area contributed by atoms with Gasteiger partial charge in [-0.15, -0.1) is 11.8 Å². The van der Waals surface area contributed by atoms with Crippen LogP contribution in [0.5, 0.6) is 0 Å². The molecule has 1 fully saturated rings. The number of benzene rings is 1. The lowest BCUT2D eigenvalue weighted by Crippen LogP contribution is -2.29. The molecule has 2 rings (SSSR count). The Morgan fingerprint density at radius 2 is 2.05 bits per heavy atom. The second-order valence-electron chi connectivity index (χ2n) is 5.58. The molecule has 1 saturated carbocycles. The molecule has 1 aromatic carbocycles. The Morgan fingerprint density at radius 1 is 1.35 bits per heavy atom. The van der Waals surface area contributed by atoms with Crippen molar-refractivity contribution in [3.8, 4) is 0 Å². The van der Waals surface area contributed by atoms with Gasteiger partial charge in [0.15, 0.2) is 0 Å². The Bertz CT molecular complexity index is 468. The summed E-state index contributed by atoms with van der Waals surface area (Å²) < 4.78 is 0. The fourth-order valence-electron chi connectivity index (χ4n) is 3.07. The van der Waals surface area contributed by atoms with Crippen molar-refractivity contribution in [2.45, 2.75) is 50.0 Å². The second-order valence-corrected chi connectivity index (χ2v) is 6.87. The monoisotopic (exact) mass is 308 g/mol. The predicted octanol–water partition coefficient (Wildman–Crippen LogP) is 4.42. The van der Waals surface area contributed by atoms with Gasteiger partial charge < -0.3 is 11.1 Å². The lowest BCUT2D eigenvalue weighted by molar-refractivity contribution is 0.328. The largest absolute Gasteiger partial charge is 0.389 e. The summed E-state index contributed by atoms with van der Waals surface area (Å²) in [6, 6.07) is 6.72. The number of rotatable bonds is 5. The number of thiocarbonyl (C=S) groups is 1. The molecule has 3 N–H and O–H groups in total. The van der Waals surface area contributed by atoms with Gasteiger partial charge in [-0.25, -0.2) is 0 Å². The molecule has 1 aliphatic carbocycles. The maximum Gasteiger partial charge on any atom is 0.107 e. The van der Waals surface area contributed by atoms with Gasteiger partial charge in [0.25, 0.3) is 0 Å². The average Bonchev–Trinajstić information content (AvgIpc) is 2.47.